The van der Waals surface area contributed by atoms with Crippen LogP contribution in [0.5, 0.6) is 5.75 Å². The fourth-order valence-electron chi connectivity index (χ4n) is 2.20. The van der Waals surface area contributed by atoms with E-state index in [1.54, 1.807) is 24.3 Å². The molecule has 1 amide bonds. The fourth-order valence-corrected chi connectivity index (χ4v) is 2.60. The minimum absolute atomic E-state index is 0.160. The lowest BCUT2D eigenvalue weighted by Gasteiger charge is -2.05. The number of ether oxygens (including phenoxy) is 1. The van der Waals surface area contributed by atoms with Gasteiger partial charge in [-0.05, 0) is 43.3 Å². The maximum Gasteiger partial charge on any atom is 0.251 e. The van der Waals surface area contributed by atoms with Crippen LogP contribution in [0.2, 0.25) is 0 Å². The van der Waals surface area contributed by atoms with E-state index in [1.165, 1.54) is 0 Å². The summed E-state index contributed by atoms with van der Waals surface area (Å²) < 4.78 is 11.5. The molecule has 0 radical (unpaired) electrons. The van der Waals surface area contributed by atoms with Crippen molar-refractivity contribution in [2.24, 2.45) is 0 Å². The van der Waals surface area contributed by atoms with Gasteiger partial charge in [-0.15, -0.1) is 0 Å². The first-order chi connectivity index (χ1) is 12.2. The van der Waals surface area contributed by atoms with E-state index in [1.807, 2.05) is 31.2 Å². The molecule has 1 N–H and O–H groups in total. The molecule has 0 fully saturated rings. The number of benzene rings is 2. The third-order valence-electron chi connectivity index (χ3n) is 3.38. The Kier molecular flexibility index (Phi) is 5.45. The molecule has 2 aromatic carbocycles. The maximum atomic E-state index is 12.2. The first-order valence-electron chi connectivity index (χ1n) is 7.75. The lowest BCUT2D eigenvalue weighted by atomic mass is 10.2. The highest BCUT2D eigenvalue weighted by Gasteiger charge is 2.11. The fraction of sp³-hybridized carbons (Fsp3) is 0.167. The highest BCUT2D eigenvalue weighted by Crippen LogP contribution is 2.20. The average molecular weight is 402 g/mol. The Labute approximate surface area is 153 Å². The van der Waals surface area contributed by atoms with E-state index in [4.69, 9.17) is 9.26 Å². The zero-order valence-corrected chi connectivity index (χ0v) is 15.1. The van der Waals surface area contributed by atoms with Gasteiger partial charge in [0.2, 0.25) is 11.7 Å². The highest BCUT2D eigenvalue weighted by molar-refractivity contribution is 9.10. The van der Waals surface area contributed by atoms with E-state index in [0.717, 1.165) is 15.8 Å². The number of carbonyl (C=O) groups excluding carboxylic acids is 1. The minimum atomic E-state index is -0.217. The lowest BCUT2D eigenvalue weighted by molar-refractivity contribution is 0.0946. The topological polar surface area (TPSA) is 77.2 Å². The SMILES string of the molecule is CCOc1ccc(C(=O)NCc2nc(-c3cccc(Br)c3)no2)cc1. The van der Waals surface area contributed by atoms with Gasteiger partial charge in [0.05, 0.1) is 13.2 Å². The molecule has 0 unspecified atom stereocenters. The molecule has 1 aromatic heterocycles. The molecular weight excluding hydrogens is 386 g/mol. The maximum absolute atomic E-state index is 12.2. The predicted molar refractivity (Wildman–Crippen MR) is 96.2 cm³/mol. The molecule has 0 spiro atoms. The second-order valence-corrected chi connectivity index (χ2v) is 6.08. The number of hydrogen-bond donors (Lipinski definition) is 1. The molecular formula is C18H16BrN3O3. The average Bonchev–Trinajstić information content (AvgIpc) is 3.10. The van der Waals surface area contributed by atoms with Crippen molar-refractivity contribution < 1.29 is 14.1 Å². The van der Waals surface area contributed by atoms with Gasteiger partial charge in [-0.2, -0.15) is 4.98 Å². The number of hydrogen-bond acceptors (Lipinski definition) is 5. The van der Waals surface area contributed by atoms with Crippen LogP contribution >= 0.6 is 15.9 Å². The third-order valence-corrected chi connectivity index (χ3v) is 3.87. The number of aromatic nitrogens is 2. The van der Waals surface area contributed by atoms with Crippen molar-refractivity contribution in [1.29, 1.82) is 0 Å². The first-order valence-corrected chi connectivity index (χ1v) is 8.54. The van der Waals surface area contributed by atoms with Crippen LogP contribution in [-0.2, 0) is 6.54 Å². The smallest absolute Gasteiger partial charge is 0.251 e. The van der Waals surface area contributed by atoms with Crippen molar-refractivity contribution in [3.63, 3.8) is 0 Å². The summed E-state index contributed by atoms with van der Waals surface area (Å²) in [6.45, 7) is 2.66. The standard InChI is InChI=1S/C18H16BrN3O3/c1-2-24-15-8-6-12(7-9-15)18(23)20-11-16-21-17(22-25-16)13-4-3-5-14(19)10-13/h3-10H,2,11H2,1H3,(H,20,23). The van der Waals surface area contributed by atoms with Crippen LogP contribution in [0.3, 0.4) is 0 Å². The molecule has 25 heavy (non-hydrogen) atoms. The Morgan fingerprint density at radius 3 is 2.76 bits per heavy atom. The van der Waals surface area contributed by atoms with Gasteiger partial charge in [0, 0.05) is 15.6 Å². The Bertz CT molecular complexity index is 862. The summed E-state index contributed by atoms with van der Waals surface area (Å²) in [5.41, 5.74) is 1.37. The molecule has 0 aliphatic heterocycles. The number of rotatable bonds is 6. The van der Waals surface area contributed by atoms with Crippen molar-refractivity contribution in [2.45, 2.75) is 13.5 Å². The summed E-state index contributed by atoms with van der Waals surface area (Å²) in [4.78, 5) is 16.5. The number of halogens is 1. The zero-order chi connectivity index (χ0) is 17.6. The Morgan fingerprint density at radius 2 is 2.04 bits per heavy atom. The van der Waals surface area contributed by atoms with Gasteiger partial charge in [-0.25, -0.2) is 0 Å². The molecule has 3 rings (SSSR count). The normalized spacial score (nSPS) is 10.5. The quantitative estimate of drug-likeness (QED) is 0.678. The van der Waals surface area contributed by atoms with E-state index in [9.17, 15) is 4.79 Å². The van der Waals surface area contributed by atoms with Crippen LogP contribution in [-0.4, -0.2) is 22.7 Å². The van der Waals surface area contributed by atoms with Gasteiger partial charge >= 0.3 is 0 Å². The van der Waals surface area contributed by atoms with Crippen LogP contribution < -0.4 is 10.1 Å². The van der Waals surface area contributed by atoms with Gasteiger partial charge in [-0.3, -0.25) is 4.79 Å². The Hall–Kier alpha value is -2.67. The van der Waals surface area contributed by atoms with Gasteiger partial charge < -0.3 is 14.6 Å². The minimum Gasteiger partial charge on any atom is -0.494 e. The number of nitrogens with zero attached hydrogens (tertiary/aromatic N) is 2. The predicted octanol–water partition coefficient (Wildman–Crippen LogP) is 3.83. The zero-order valence-electron chi connectivity index (χ0n) is 13.5. The van der Waals surface area contributed by atoms with E-state index >= 15 is 0 Å². The molecule has 128 valence electrons. The monoisotopic (exact) mass is 401 g/mol. The molecule has 0 saturated heterocycles. The van der Waals surface area contributed by atoms with E-state index in [0.29, 0.717) is 23.9 Å². The largest absolute Gasteiger partial charge is 0.494 e. The molecule has 1 heterocycles. The molecule has 6 nitrogen and oxygen atoms in total. The Balaban J connectivity index is 1.61. The molecule has 0 atom stereocenters. The summed E-state index contributed by atoms with van der Waals surface area (Å²) in [5, 5.41) is 6.69. The lowest BCUT2D eigenvalue weighted by Crippen LogP contribution is -2.22. The summed E-state index contributed by atoms with van der Waals surface area (Å²) in [6.07, 6.45) is 0. The van der Waals surface area contributed by atoms with E-state index < -0.39 is 0 Å². The van der Waals surface area contributed by atoms with Crippen LogP contribution in [0.15, 0.2) is 57.5 Å². The second-order valence-electron chi connectivity index (χ2n) is 5.16. The number of amides is 1. The second kappa shape index (κ2) is 7.94. The van der Waals surface area contributed by atoms with E-state index in [2.05, 4.69) is 31.4 Å². The molecule has 0 aliphatic rings. The molecule has 3 aromatic rings. The third kappa shape index (κ3) is 4.45. The van der Waals surface area contributed by atoms with Crippen molar-refractivity contribution in [3.8, 4) is 17.1 Å². The van der Waals surface area contributed by atoms with Gasteiger partial charge in [0.1, 0.15) is 5.75 Å². The molecule has 0 aliphatic carbocycles. The summed E-state index contributed by atoms with van der Waals surface area (Å²) in [6, 6.07) is 14.5. The van der Waals surface area contributed by atoms with Crippen LogP contribution in [0, 0.1) is 0 Å². The van der Waals surface area contributed by atoms with E-state index in [-0.39, 0.29) is 12.5 Å². The van der Waals surface area contributed by atoms with Crippen molar-refractivity contribution in [3.05, 3.63) is 64.5 Å². The first kappa shape index (κ1) is 17.2. The van der Waals surface area contributed by atoms with Crippen molar-refractivity contribution in [1.82, 2.24) is 15.5 Å². The molecule has 0 bridgehead atoms. The van der Waals surface area contributed by atoms with Gasteiger partial charge in [0.15, 0.2) is 0 Å². The van der Waals surface area contributed by atoms with Gasteiger partial charge in [-0.1, -0.05) is 33.2 Å². The number of nitrogens with one attached hydrogen (secondary N) is 1. The summed E-state index contributed by atoms with van der Waals surface area (Å²) in [7, 11) is 0. The highest BCUT2D eigenvalue weighted by atomic mass is 79.9. The van der Waals surface area contributed by atoms with Gasteiger partial charge in [0.25, 0.3) is 5.91 Å². The molecule has 0 saturated carbocycles. The van der Waals surface area contributed by atoms with Crippen LogP contribution in [0.1, 0.15) is 23.2 Å². The summed E-state index contributed by atoms with van der Waals surface area (Å²) >= 11 is 3.40. The van der Waals surface area contributed by atoms with Crippen LogP contribution in [0.25, 0.3) is 11.4 Å². The summed E-state index contributed by atoms with van der Waals surface area (Å²) in [5.74, 6) is 1.33. The Morgan fingerprint density at radius 1 is 1.24 bits per heavy atom. The van der Waals surface area contributed by atoms with Crippen molar-refractivity contribution >= 4 is 21.8 Å². The molecule has 7 heteroatoms. The number of carbonyl (C=O) groups is 1. The van der Waals surface area contributed by atoms with Crippen LogP contribution in [0.4, 0.5) is 0 Å². The van der Waals surface area contributed by atoms with Crippen molar-refractivity contribution in [2.75, 3.05) is 6.61 Å².